The molecule has 1 aliphatic rings. The summed E-state index contributed by atoms with van der Waals surface area (Å²) < 4.78 is 10.7. The lowest BCUT2D eigenvalue weighted by molar-refractivity contribution is -0.118. The van der Waals surface area contributed by atoms with Crippen LogP contribution >= 0.6 is 0 Å². The maximum absolute atomic E-state index is 14.0. The number of nitrogens with one attached hydrogen (secondary N) is 1. The molecule has 1 N–H and O–H groups in total. The molecule has 0 unspecified atom stereocenters. The molecule has 0 saturated carbocycles. The Morgan fingerprint density at radius 1 is 0.838 bits per heavy atom. The molecule has 2 heterocycles. The van der Waals surface area contributed by atoms with Crippen molar-refractivity contribution >= 4 is 23.3 Å². The largest absolute Gasteiger partial charge is 0.497 e. The van der Waals surface area contributed by atoms with E-state index in [9.17, 15) is 9.59 Å². The van der Waals surface area contributed by atoms with E-state index < -0.39 is 12.0 Å². The predicted octanol–water partition coefficient (Wildman–Crippen LogP) is 5.53. The van der Waals surface area contributed by atoms with Crippen LogP contribution in [0.4, 0.5) is 11.5 Å². The number of rotatable bonds is 6. The summed E-state index contributed by atoms with van der Waals surface area (Å²) in [6, 6.07) is 26.9. The van der Waals surface area contributed by atoms with Crippen molar-refractivity contribution in [2.24, 2.45) is 0 Å². The maximum Gasteiger partial charge on any atom is 0.259 e. The minimum atomic E-state index is -0.702. The van der Waals surface area contributed by atoms with Crippen molar-refractivity contribution in [2.45, 2.75) is 18.9 Å². The van der Waals surface area contributed by atoms with E-state index >= 15 is 0 Å². The fourth-order valence-corrected chi connectivity index (χ4v) is 4.80. The van der Waals surface area contributed by atoms with Crippen LogP contribution in [0, 0.1) is 6.92 Å². The summed E-state index contributed by atoms with van der Waals surface area (Å²) in [7, 11) is 3.20. The van der Waals surface area contributed by atoms with Crippen LogP contribution in [-0.4, -0.2) is 31.0 Å². The Balaban J connectivity index is 1.68. The first kappa shape index (κ1) is 24.1. The van der Waals surface area contributed by atoms with E-state index in [1.807, 2.05) is 73.7 Å². The number of hydrogen-bond donors (Lipinski definition) is 1. The van der Waals surface area contributed by atoms with Gasteiger partial charge in [-0.15, -0.1) is 0 Å². The number of anilines is 2. The van der Waals surface area contributed by atoms with E-state index in [-0.39, 0.29) is 11.8 Å². The van der Waals surface area contributed by atoms with E-state index in [4.69, 9.17) is 9.47 Å². The normalized spacial score (nSPS) is 16.6. The van der Waals surface area contributed by atoms with Crippen LogP contribution in [0.1, 0.15) is 39.1 Å². The molecule has 0 saturated heterocycles. The number of aryl methyl sites for hydroxylation is 1. The standard InChI is InChI=1S/C30H27N3O4/c1-19-7-6-10-26(31-19)32-29(34)27-24-8-4-5-9-25(24)30(35)33(21-13-17-23(37-3)18-14-21)28(27)20-11-15-22(36-2)16-12-20/h4-18,27-28H,1-3H3,(H,31,32,34)/t27-,28-/m1/s1. The Hall–Kier alpha value is -4.65. The number of nitrogens with zero attached hydrogens (tertiary/aromatic N) is 2. The Morgan fingerprint density at radius 3 is 2.14 bits per heavy atom. The molecule has 2 amide bonds. The van der Waals surface area contributed by atoms with Gasteiger partial charge < -0.3 is 14.8 Å². The highest BCUT2D eigenvalue weighted by Crippen LogP contribution is 2.46. The average molecular weight is 494 g/mol. The minimum Gasteiger partial charge on any atom is -0.497 e. The highest BCUT2D eigenvalue weighted by molar-refractivity contribution is 6.12. The number of carbonyl (C=O) groups excluding carboxylic acids is 2. The van der Waals surface area contributed by atoms with E-state index in [0.29, 0.717) is 34.1 Å². The predicted molar refractivity (Wildman–Crippen MR) is 142 cm³/mol. The van der Waals surface area contributed by atoms with Crippen molar-refractivity contribution in [1.29, 1.82) is 0 Å². The molecule has 186 valence electrons. The highest BCUT2D eigenvalue weighted by Gasteiger charge is 2.45. The first-order chi connectivity index (χ1) is 18.0. The van der Waals surface area contributed by atoms with Gasteiger partial charge >= 0.3 is 0 Å². The van der Waals surface area contributed by atoms with Crippen LogP contribution < -0.4 is 19.7 Å². The topological polar surface area (TPSA) is 80.8 Å². The number of ether oxygens (including phenoxy) is 2. The van der Waals surface area contributed by atoms with Crippen LogP contribution in [0.15, 0.2) is 91.0 Å². The molecule has 3 aromatic carbocycles. The van der Waals surface area contributed by atoms with Crippen molar-refractivity contribution in [3.8, 4) is 11.5 Å². The number of hydrogen-bond acceptors (Lipinski definition) is 5. The molecule has 37 heavy (non-hydrogen) atoms. The second-order valence-electron chi connectivity index (χ2n) is 8.81. The summed E-state index contributed by atoms with van der Waals surface area (Å²) in [5, 5.41) is 2.99. The van der Waals surface area contributed by atoms with Gasteiger partial charge in [0.1, 0.15) is 17.3 Å². The smallest absolute Gasteiger partial charge is 0.259 e. The average Bonchev–Trinajstić information content (AvgIpc) is 2.93. The lowest BCUT2D eigenvalue weighted by atomic mass is 9.78. The third kappa shape index (κ3) is 4.63. The van der Waals surface area contributed by atoms with E-state index in [1.54, 1.807) is 43.4 Å². The van der Waals surface area contributed by atoms with Crippen molar-refractivity contribution in [3.05, 3.63) is 113 Å². The van der Waals surface area contributed by atoms with Gasteiger partial charge in [-0.3, -0.25) is 14.5 Å². The SMILES string of the molecule is COc1ccc([C@@H]2[C@H](C(=O)Nc3cccc(C)n3)c3ccccc3C(=O)N2c2ccc(OC)cc2)cc1. The summed E-state index contributed by atoms with van der Waals surface area (Å²) in [6.45, 7) is 1.87. The number of fused-ring (bicyclic) bond motifs is 1. The fourth-order valence-electron chi connectivity index (χ4n) is 4.80. The summed E-state index contributed by atoms with van der Waals surface area (Å²) in [4.78, 5) is 34.1. The number of pyridine rings is 1. The zero-order valence-electron chi connectivity index (χ0n) is 20.8. The molecule has 0 aliphatic carbocycles. The Labute approximate surface area is 215 Å². The third-order valence-electron chi connectivity index (χ3n) is 6.57. The maximum atomic E-state index is 14.0. The number of aromatic nitrogens is 1. The van der Waals surface area contributed by atoms with Gasteiger partial charge in [-0.25, -0.2) is 4.98 Å². The lowest BCUT2D eigenvalue weighted by Crippen LogP contribution is -2.46. The van der Waals surface area contributed by atoms with Gasteiger partial charge in [0.15, 0.2) is 0 Å². The van der Waals surface area contributed by atoms with Gasteiger partial charge in [0.2, 0.25) is 5.91 Å². The van der Waals surface area contributed by atoms with Gasteiger partial charge in [0.05, 0.1) is 26.2 Å². The highest BCUT2D eigenvalue weighted by atomic mass is 16.5. The first-order valence-electron chi connectivity index (χ1n) is 11.9. The first-order valence-corrected chi connectivity index (χ1v) is 11.9. The van der Waals surface area contributed by atoms with Crippen LogP contribution in [-0.2, 0) is 4.79 Å². The lowest BCUT2D eigenvalue weighted by Gasteiger charge is -2.41. The van der Waals surface area contributed by atoms with Crippen LogP contribution in [0.5, 0.6) is 11.5 Å². The number of benzene rings is 3. The van der Waals surface area contributed by atoms with Crippen molar-refractivity contribution in [2.75, 3.05) is 24.4 Å². The van der Waals surface area contributed by atoms with Gasteiger partial charge in [-0.1, -0.05) is 36.4 Å². The summed E-state index contributed by atoms with van der Waals surface area (Å²) in [6.07, 6.45) is 0. The second-order valence-corrected chi connectivity index (χ2v) is 8.81. The summed E-state index contributed by atoms with van der Waals surface area (Å²) in [5.74, 6) is 0.689. The fraction of sp³-hybridized carbons (Fsp3) is 0.167. The van der Waals surface area contributed by atoms with Crippen LogP contribution in [0.25, 0.3) is 0 Å². The van der Waals surface area contributed by atoms with Gasteiger partial charge in [0, 0.05) is 16.9 Å². The minimum absolute atomic E-state index is 0.181. The Kier molecular flexibility index (Phi) is 6.60. The van der Waals surface area contributed by atoms with Gasteiger partial charge in [-0.2, -0.15) is 0 Å². The van der Waals surface area contributed by atoms with Crippen LogP contribution in [0.2, 0.25) is 0 Å². The molecule has 4 aromatic rings. The Bertz CT molecular complexity index is 1430. The molecular formula is C30H27N3O4. The van der Waals surface area contributed by atoms with Crippen LogP contribution in [0.3, 0.4) is 0 Å². The number of amides is 2. The van der Waals surface area contributed by atoms with Crippen molar-refractivity contribution in [3.63, 3.8) is 0 Å². The zero-order valence-corrected chi connectivity index (χ0v) is 20.8. The molecule has 2 atom stereocenters. The molecule has 1 aliphatic heterocycles. The molecule has 0 radical (unpaired) electrons. The molecule has 0 fully saturated rings. The van der Waals surface area contributed by atoms with Gasteiger partial charge in [-0.05, 0) is 72.6 Å². The third-order valence-corrected chi connectivity index (χ3v) is 6.57. The second kappa shape index (κ2) is 10.1. The quantitative estimate of drug-likeness (QED) is 0.382. The number of methoxy groups -OCH3 is 2. The summed E-state index contributed by atoms with van der Waals surface area (Å²) in [5.41, 5.74) is 3.41. The van der Waals surface area contributed by atoms with Crippen molar-refractivity contribution in [1.82, 2.24) is 4.98 Å². The zero-order chi connectivity index (χ0) is 25.9. The molecule has 0 spiro atoms. The van der Waals surface area contributed by atoms with E-state index in [0.717, 1.165) is 11.3 Å². The monoisotopic (exact) mass is 493 g/mol. The Morgan fingerprint density at radius 2 is 1.49 bits per heavy atom. The molecule has 0 bridgehead atoms. The molecule has 1 aromatic heterocycles. The van der Waals surface area contributed by atoms with E-state index in [2.05, 4.69) is 10.3 Å². The molecule has 7 heteroatoms. The molecular weight excluding hydrogens is 466 g/mol. The van der Waals surface area contributed by atoms with Gasteiger partial charge in [0.25, 0.3) is 5.91 Å². The summed E-state index contributed by atoms with van der Waals surface area (Å²) >= 11 is 0. The van der Waals surface area contributed by atoms with Crippen molar-refractivity contribution < 1.29 is 19.1 Å². The van der Waals surface area contributed by atoms with E-state index in [1.165, 1.54) is 0 Å². The number of carbonyl (C=O) groups is 2. The molecule has 7 nitrogen and oxygen atoms in total. The molecule has 5 rings (SSSR count).